The Morgan fingerprint density at radius 2 is 1.68 bits per heavy atom. The van der Waals surface area contributed by atoms with Gasteiger partial charge in [0.2, 0.25) is 0 Å². The van der Waals surface area contributed by atoms with Crippen LogP contribution in [-0.2, 0) is 19.4 Å². The molecule has 0 saturated carbocycles. The smallest absolute Gasteiger partial charge is 0.191 e. The second-order valence-corrected chi connectivity index (χ2v) is 6.39. The van der Waals surface area contributed by atoms with E-state index in [0.29, 0.717) is 12.5 Å². The molecule has 0 spiro atoms. The van der Waals surface area contributed by atoms with Crippen LogP contribution >= 0.6 is 0 Å². The van der Waals surface area contributed by atoms with E-state index in [1.807, 2.05) is 0 Å². The second kappa shape index (κ2) is 7.61. The van der Waals surface area contributed by atoms with E-state index in [2.05, 4.69) is 24.7 Å². The van der Waals surface area contributed by atoms with E-state index in [0.717, 1.165) is 44.1 Å². The molecule has 0 aliphatic carbocycles. The molecule has 1 aromatic heterocycles. The molecule has 1 saturated heterocycles. The first-order valence-corrected chi connectivity index (χ1v) is 8.80. The minimum atomic E-state index is 0.706. The highest BCUT2D eigenvalue weighted by atomic mass is 15.3. The lowest BCUT2D eigenvalue weighted by Gasteiger charge is -2.21. The molecular weight excluding hydrogens is 276 g/mol. The second-order valence-electron chi connectivity index (χ2n) is 6.39. The van der Waals surface area contributed by atoms with Crippen LogP contribution in [0.15, 0.2) is 4.99 Å². The minimum Gasteiger partial charge on any atom is -0.370 e. The van der Waals surface area contributed by atoms with Crippen LogP contribution < -0.4 is 5.73 Å². The quantitative estimate of drug-likeness (QED) is 0.682. The van der Waals surface area contributed by atoms with E-state index in [4.69, 9.17) is 5.73 Å². The molecular formula is C16H28N6. The zero-order valence-corrected chi connectivity index (χ0v) is 13.5. The van der Waals surface area contributed by atoms with Gasteiger partial charge in [-0.15, -0.1) is 10.2 Å². The lowest BCUT2D eigenvalue weighted by Crippen LogP contribution is -2.38. The van der Waals surface area contributed by atoms with Crippen LogP contribution in [0.3, 0.4) is 0 Å². The molecule has 122 valence electrons. The summed E-state index contributed by atoms with van der Waals surface area (Å²) in [6.07, 6.45) is 10.7. The summed E-state index contributed by atoms with van der Waals surface area (Å²) in [7, 11) is 0. The standard InChI is InChI=1S/C16H28N6/c17-16(21-11-5-1-2-6-12-21)18-10-9-15-20-19-14-8-4-3-7-13-22(14)15/h1-13H2,(H2,17,18). The molecule has 0 radical (unpaired) electrons. The van der Waals surface area contributed by atoms with E-state index < -0.39 is 0 Å². The van der Waals surface area contributed by atoms with Gasteiger partial charge in [0.25, 0.3) is 0 Å². The SMILES string of the molecule is NC(=NCCc1nnc2n1CCCCC2)N1CCCCCC1. The molecule has 2 aliphatic heterocycles. The van der Waals surface area contributed by atoms with Crippen LogP contribution in [-0.4, -0.2) is 45.3 Å². The van der Waals surface area contributed by atoms with Crippen LogP contribution in [0.2, 0.25) is 0 Å². The number of likely N-dealkylation sites (tertiary alicyclic amines) is 1. The summed E-state index contributed by atoms with van der Waals surface area (Å²) in [5.74, 6) is 2.93. The summed E-state index contributed by atoms with van der Waals surface area (Å²) >= 11 is 0. The predicted octanol–water partition coefficient (Wildman–Crippen LogP) is 1.74. The summed E-state index contributed by atoms with van der Waals surface area (Å²) in [5.41, 5.74) is 6.15. The topological polar surface area (TPSA) is 72.3 Å². The van der Waals surface area contributed by atoms with Gasteiger partial charge < -0.3 is 15.2 Å². The normalized spacial score (nSPS) is 20.4. The van der Waals surface area contributed by atoms with E-state index >= 15 is 0 Å². The number of hydrogen-bond donors (Lipinski definition) is 1. The maximum atomic E-state index is 6.15. The molecule has 0 unspecified atom stereocenters. The maximum Gasteiger partial charge on any atom is 0.191 e. The summed E-state index contributed by atoms with van der Waals surface area (Å²) in [6, 6.07) is 0. The van der Waals surface area contributed by atoms with Gasteiger partial charge in [-0.2, -0.15) is 0 Å². The molecule has 0 atom stereocenters. The van der Waals surface area contributed by atoms with E-state index in [-0.39, 0.29) is 0 Å². The van der Waals surface area contributed by atoms with Gasteiger partial charge in [-0.1, -0.05) is 19.3 Å². The Labute approximate surface area is 132 Å². The van der Waals surface area contributed by atoms with Gasteiger partial charge in [0.05, 0.1) is 0 Å². The van der Waals surface area contributed by atoms with Gasteiger partial charge in [0.15, 0.2) is 5.96 Å². The van der Waals surface area contributed by atoms with Crippen molar-refractivity contribution in [1.82, 2.24) is 19.7 Å². The van der Waals surface area contributed by atoms with Crippen LogP contribution in [0.5, 0.6) is 0 Å². The fourth-order valence-corrected chi connectivity index (χ4v) is 3.40. The van der Waals surface area contributed by atoms with Crippen molar-refractivity contribution >= 4 is 5.96 Å². The molecule has 1 fully saturated rings. The van der Waals surface area contributed by atoms with Crippen molar-refractivity contribution < 1.29 is 0 Å². The lowest BCUT2D eigenvalue weighted by molar-refractivity contribution is 0.428. The van der Waals surface area contributed by atoms with Gasteiger partial charge in [-0.3, -0.25) is 4.99 Å². The molecule has 0 aromatic carbocycles. The van der Waals surface area contributed by atoms with E-state index in [9.17, 15) is 0 Å². The highest BCUT2D eigenvalue weighted by Gasteiger charge is 2.14. The Bertz CT molecular complexity index is 499. The van der Waals surface area contributed by atoms with Gasteiger partial charge in [-0.25, -0.2) is 0 Å². The van der Waals surface area contributed by atoms with Gasteiger partial charge in [0.1, 0.15) is 11.6 Å². The number of nitrogens with zero attached hydrogens (tertiary/aromatic N) is 5. The third kappa shape index (κ3) is 3.78. The predicted molar refractivity (Wildman–Crippen MR) is 87.8 cm³/mol. The van der Waals surface area contributed by atoms with Crippen molar-refractivity contribution in [2.45, 2.75) is 64.3 Å². The van der Waals surface area contributed by atoms with Crippen LogP contribution in [0.4, 0.5) is 0 Å². The van der Waals surface area contributed by atoms with Crippen molar-refractivity contribution in [3.8, 4) is 0 Å². The van der Waals surface area contributed by atoms with Crippen molar-refractivity contribution in [3.05, 3.63) is 11.6 Å². The first-order chi connectivity index (χ1) is 10.8. The Hall–Kier alpha value is -1.59. The molecule has 6 nitrogen and oxygen atoms in total. The summed E-state index contributed by atoms with van der Waals surface area (Å²) in [4.78, 5) is 6.81. The number of nitrogens with two attached hydrogens (primary N) is 1. The fourth-order valence-electron chi connectivity index (χ4n) is 3.40. The summed E-state index contributed by atoms with van der Waals surface area (Å²) in [6.45, 7) is 3.87. The average Bonchev–Trinajstić information content (AvgIpc) is 2.77. The molecule has 2 aliphatic rings. The highest BCUT2D eigenvalue weighted by molar-refractivity contribution is 5.78. The molecule has 22 heavy (non-hydrogen) atoms. The minimum absolute atomic E-state index is 0.706. The van der Waals surface area contributed by atoms with Crippen molar-refractivity contribution in [3.63, 3.8) is 0 Å². The van der Waals surface area contributed by atoms with Crippen LogP contribution in [0.1, 0.15) is 56.6 Å². The Morgan fingerprint density at radius 1 is 0.955 bits per heavy atom. The largest absolute Gasteiger partial charge is 0.370 e. The number of aromatic nitrogens is 3. The fraction of sp³-hybridized carbons (Fsp3) is 0.812. The number of guanidine groups is 1. The zero-order valence-electron chi connectivity index (χ0n) is 13.5. The zero-order chi connectivity index (χ0) is 15.2. The number of aryl methyl sites for hydroxylation is 1. The molecule has 6 heteroatoms. The molecule has 3 rings (SSSR count). The number of rotatable bonds is 3. The monoisotopic (exact) mass is 304 g/mol. The molecule has 1 aromatic rings. The Balaban J connectivity index is 1.56. The lowest BCUT2D eigenvalue weighted by atomic mass is 10.2. The first-order valence-electron chi connectivity index (χ1n) is 8.80. The molecule has 3 heterocycles. The van der Waals surface area contributed by atoms with Crippen LogP contribution in [0, 0.1) is 0 Å². The van der Waals surface area contributed by atoms with E-state index in [1.54, 1.807) is 0 Å². The van der Waals surface area contributed by atoms with Crippen molar-refractivity contribution in [1.29, 1.82) is 0 Å². The summed E-state index contributed by atoms with van der Waals surface area (Å²) in [5, 5.41) is 8.69. The van der Waals surface area contributed by atoms with Gasteiger partial charge >= 0.3 is 0 Å². The third-order valence-electron chi connectivity index (χ3n) is 4.73. The highest BCUT2D eigenvalue weighted by Crippen LogP contribution is 2.15. The van der Waals surface area contributed by atoms with Crippen molar-refractivity contribution in [2.24, 2.45) is 10.7 Å². The maximum absolute atomic E-state index is 6.15. The number of hydrogen-bond acceptors (Lipinski definition) is 3. The average molecular weight is 304 g/mol. The third-order valence-corrected chi connectivity index (χ3v) is 4.73. The first kappa shape index (κ1) is 15.3. The number of fused-ring (bicyclic) bond motifs is 1. The molecule has 0 amide bonds. The van der Waals surface area contributed by atoms with E-state index in [1.165, 1.54) is 44.9 Å². The van der Waals surface area contributed by atoms with Crippen molar-refractivity contribution in [2.75, 3.05) is 19.6 Å². The van der Waals surface area contributed by atoms with Gasteiger partial charge in [0, 0.05) is 39.0 Å². The molecule has 2 N–H and O–H groups in total. The van der Waals surface area contributed by atoms with Crippen LogP contribution in [0.25, 0.3) is 0 Å². The molecule has 0 bridgehead atoms. The number of aliphatic imine (C=N–C) groups is 1. The Morgan fingerprint density at radius 3 is 2.50 bits per heavy atom. The summed E-state index contributed by atoms with van der Waals surface area (Å²) < 4.78 is 2.30. The van der Waals surface area contributed by atoms with Gasteiger partial charge in [-0.05, 0) is 25.7 Å². The Kier molecular flexibility index (Phi) is 5.29.